The lowest BCUT2D eigenvalue weighted by atomic mass is 9.94. The van der Waals surface area contributed by atoms with Gasteiger partial charge >= 0.3 is 6.18 Å². The van der Waals surface area contributed by atoms with Crippen molar-refractivity contribution in [2.45, 2.75) is 51.4 Å². The molecule has 33 heavy (non-hydrogen) atoms. The Morgan fingerprint density at radius 1 is 1.27 bits per heavy atom. The number of imidazole rings is 1. The van der Waals surface area contributed by atoms with Gasteiger partial charge in [0.2, 0.25) is 11.8 Å². The maximum Gasteiger partial charge on any atom is 0.393 e. The van der Waals surface area contributed by atoms with Gasteiger partial charge in [-0.25, -0.2) is 4.98 Å². The number of nitriles is 1. The quantitative estimate of drug-likeness (QED) is 0.716. The largest absolute Gasteiger partial charge is 0.393 e. The average molecular weight is 461 g/mol. The molecule has 0 spiro atoms. The van der Waals surface area contributed by atoms with Crippen LogP contribution in [0.15, 0.2) is 36.9 Å². The molecular weight excluding hydrogens is 435 g/mol. The maximum absolute atomic E-state index is 13.1. The maximum atomic E-state index is 13.1. The molecule has 2 aromatic rings. The van der Waals surface area contributed by atoms with Crippen LogP contribution in [-0.4, -0.2) is 45.5 Å². The lowest BCUT2D eigenvalue weighted by molar-refractivity contribution is -0.142. The Morgan fingerprint density at radius 2 is 2.03 bits per heavy atom. The summed E-state index contributed by atoms with van der Waals surface area (Å²) in [6, 6.07) is 5.91. The number of benzene rings is 1. The summed E-state index contributed by atoms with van der Waals surface area (Å²) in [5.41, 5.74) is -0.454. The number of nitrogens with zero attached hydrogens (tertiary/aromatic N) is 4. The third kappa shape index (κ3) is 5.92. The van der Waals surface area contributed by atoms with Crippen molar-refractivity contribution in [3.8, 4) is 6.07 Å². The number of halogens is 3. The molecular formula is C23H26F3N5O2. The highest BCUT2D eigenvalue weighted by atomic mass is 19.4. The molecule has 2 heterocycles. The van der Waals surface area contributed by atoms with Crippen LogP contribution < -0.4 is 5.32 Å². The fourth-order valence-electron chi connectivity index (χ4n) is 4.04. The Kier molecular flexibility index (Phi) is 7.10. The summed E-state index contributed by atoms with van der Waals surface area (Å²) in [4.78, 5) is 31.6. The number of hydrogen-bond donors (Lipinski definition) is 1. The first-order chi connectivity index (χ1) is 15.5. The molecule has 0 bridgehead atoms. The van der Waals surface area contributed by atoms with Crippen LogP contribution in [0.1, 0.15) is 43.4 Å². The summed E-state index contributed by atoms with van der Waals surface area (Å²) in [6.07, 6.45) is 0.508. The molecule has 1 aromatic carbocycles. The van der Waals surface area contributed by atoms with Crippen LogP contribution in [0.2, 0.25) is 0 Å². The second-order valence-electron chi connectivity index (χ2n) is 8.72. The topological polar surface area (TPSA) is 91.0 Å². The van der Waals surface area contributed by atoms with E-state index in [1.807, 2.05) is 6.07 Å². The van der Waals surface area contributed by atoms with Crippen LogP contribution >= 0.6 is 0 Å². The van der Waals surface area contributed by atoms with Crippen molar-refractivity contribution < 1.29 is 22.8 Å². The van der Waals surface area contributed by atoms with Gasteiger partial charge in [0.25, 0.3) is 0 Å². The van der Waals surface area contributed by atoms with Crippen LogP contribution in [0.3, 0.4) is 0 Å². The van der Waals surface area contributed by atoms with Crippen molar-refractivity contribution in [1.29, 1.82) is 5.26 Å². The molecule has 1 aliphatic heterocycles. The van der Waals surface area contributed by atoms with E-state index >= 15 is 0 Å². The minimum atomic E-state index is -4.43. The van der Waals surface area contributed by atoms with Crippen LogP contribution in [-0.2, 0) is 28.1 Å². The Hall–Kier alpha value is -3.35. The summed E-state index contributed by atoms with van der Waals surface area (Å²) in [5, 5.41) is 11.7. The first-order valence-corrected chi connectivity index (χ1v) is 10.7. The van der Waals surface area contributed by atoms with E-state index in [0.717, 1.165) is 0 Å². The van der Waals surface area contributed by atoms with Gasteiger partial charge in [-0.05, 0) is 49.9 Å². The minimum Gasteiger partial charge on any atom is -0.352 e. The predicted molar refractivity (Wildman–Crippen MR) is 114 cm³/mol. The molecule has 0 radical (unpaired) electrons. The van der Waals surface area contributed by atoms with Crippen molar-refractivity contribution in [3.63, 3.8) is 0 Å². The number of alkyl halides is 3. The summed E-state index contributed by atoms with van der Waals surface area (Å²) in [5.74, 6) is -0.890. The van der Waals surface area contributed by atoms with E-state index in [9.17, 15) is 22.8 Å². The van der Waals surface area contributed by atoms with Gasteiger partial charge in [-0.3, -0.25) is 9.59 Å². The fourth-order valence-corrected chi connectivity index (χ4v) is 4.04. The zero-order valence-electron chi connectivity index (χ0n) is 18.5. The highest BCUT2D eigenvalue weighted by Gasteiger charge is 2.37. The molecule has 1 aromatic heterocycles. The first-order valence-electron chi connectivity index (χ1n) is 10.7. The molecule has 1 aliphatic rings. The molecule has 2 amide bonds. The molecule has 7 nitrogen and oxygen atoms in total. The van der Waals surface area contributed by atoms with Gasteiger partial charge < -0.3 is 14.8 Å². The highest BCUT2D eigenvalue weighted by Crippen LogP contribution is 2.26. The van der Waals surface area contributed by atoms with E-state index in [4.69, 9.17) is 5.26 Å². The van der Waals surface area contributed by atoms with E-state index in [0.29, 0.717) is 24.9 Å². The number of likely N-dealkylation sites (tertiary alicyclic amines) is 1. The summed E-state index contributed by atoms with van der Waals surface area (Å²) >= 11 is 0. The normalized spacial score (nSPS) is 16.8. The van der Waals surface area contributed by atoms with E-state index in [1.54, 1.807) is 42.0 Å². The summed E-state index contributed by atoms with van der Waals surface area (Å²) in [6.45, 7) is 4.26. The first kappa shape index (κ1) is 24.3. The monoisotopic (exact) mass is 461 g/mol. The minimum absolute atomic E-state index is 0.0376. The van der Waals surface area contributed by atoms with Gasteiger partial charge in [0, 0.05) is 32.0 Å². The van der Waals surface area contributed by atoms with Gasteiger partial charge in [-0.2, -0.15) is 18.4 Å². The Labute approximate surface area is 190 Å². The van der Waals surface area contributed by atoms with Crippen LogP contribution in [0.25, 0.3) is 0 Å². The van der Waals surface area contributed by atoms with Crippen LogP contribution in [0.5, 0.6) is 0 Å². The van der Waals surface area contributed by atoms with Crippen LogP contribution in [0, 0.1) is 17.2 Å². The fraction of sp³-hybridized carbons (Fsp3) is 0.478. The zero-order chi connectivity index (χ0) is 24.2. The molecule has 1 N–H and O–H groups in total. The van der Waals surface area contributed by atoms with Gasteiger partial charge in [-0.1, -0.05) is 6.07 Å². The molecule has 1 saturated heterocycles. The summed E-state index contributed by atoms with van der Waals surface area (Å²) < 4.78 is 40.6. The number of piperidine rings is 1. The van der Waals surface area contributed by atoms with Gasteiger partial charge in [0.05, 0.1) is 30.3 Å². The summed E-state index contributed by atoms with van der Waals surface area (Å²) in [7, 11) is 0. The van der Waals surface area contributed by atoms with E-state index in [1.165, 1.54) is 18.2 Å². The highest BCUT2D eigenvalue weighted by molar-refractivity contribution is 5.85. The molecule has 0 unspecified atom stereocenters. The average Bonchev–Trinajstić information content (AvgIpc) is 3.32. The molecule has 0 saturated carbocycles. The lowest BCUT2D eigenvalue weighted by Crippen LogP contribution is -2.52. The number of carbonyl (C=O) groups excluding carboxylic acids is 2. The molecule has 10 heteroatoms. The van der Waals surface area contributed by atoms with Crippen molar-refractivity contribution in [2.24, 2.45) is 5.92 Å². The third-order valence-corrected chi connectivity index (χ3v) is 5.93. The van der Waals surface area contributed by atoms with Crippen molar-refractivity contribution in [1.82, 2.24) is 19.8 Å². The number of aromatic nitrogens is 2. The third-order valence-electron chi connectivity index (χ3n) is 5.93. The SMILES string of the molecule is CC(C)(C(=O)N1CCC[C@@H](C(=O)NCc2ccc(C#N)cc2CC(F)(F)F)C1)n1ccnc1. The van der Waals surface area contributed by atoms with Crippen molar-refractivity contribution in [2.75, 3.05) is 13.1 Å². The van der Waals surface area contributed by atoms with Gasteiger partial charge in [0.15, 0.2) is 0 Å². The van der Waals surface area contributed by atoms with Crippen molar-refractivity contribution >= 4 is 11.8 Å². The Morgan fingerprint density at radius 3 is 2.67 bits per heavy atom. The van der Waals surface area contributed by atoms with E-state index < -0.39 is 24.1 Å². The number of nitrogens with one attached hydrogen (secondary N) is 1. The number of carbonyl (C=O) groups is 2. The number of rotatable bonds is 6. The smallest absolute Gasteiger partial charge is 0.352 e. The molecule has 1 atom stereocenters. The second-order valence-corrected chi connectivity index (χ2v) is 8.72. The molecule has 0 aliphatic carbocycles. The van der Waals surface area contributed by atoms with Gasteiger partial charge in [0.1, 0.15) is 5.54 Å². The standard InChI is InChI=1S/C23H26F3N5O2/c1-22(2,31-9-7-28-15-31)21(33)30-8-3-4-18(14-30)20(32)29-13-17-6-5-16(12-27)10-19(17)11-23(24,25)26/h5-7,9-10,15,18H,3-4,8,11,13-14H2,1-2H3,(H,29,32)/t18-/m1/s1. The van der Waals surface area contributed by atoms with E-state index in [2.05, 4.69) is 10.3 Å². The van der Waals surface area contributed by atoms with Crippen LogP contribution in [0.4, 0.5) is 13.2 Å². The zero-order valence-corrected chi connectivity index (χ0v) is 18.5. The van der Waals surface area contributed by atoms with E-state index in [-0.39, 0.29) is 36.0 Å². The number of amides is 2. The predicted octanol–water partition coefficient (Wildman–Crippen LogP) is 3.15. The van der Waals surface area contributed by atoms with Crippen molar-refractivity contribution in [3.05, 3.63) is 53.6 Å². The molecule has 176 valence electrons. The molecule has 1 fully saturated rings. The second kappa shape index (κ2) is 9.65. The Balaban J connectivity index is 1.65. The Bertz CT molecular complexity index is 1040. The lowest BCUT2D eigenvalue weighted by Gasteiger charge is -2.37. The number of hydrogen-bond acceptors (Lipinski definition) is 4. The van der Waals surface area contributed by atoms with Gasteiger partial charge in [-0.15, -0.1) is 0 Å². The molecule has 3 rings (SSSR count).